The van der Waals surface area contributed by atoms with Gasteiger partial charge in [-0.05, 0) is 32.2 Å². The normalized spacial score (nSPS) is 11.6. The van der Waals surface area contributed by atoms with Crippen LogP contribution in [-0.2, 0) is 16.6 Å². The average molecular weight is 312 g/mol. The summed E-state index contributed by atoms with van der Waals surface area (Å²) in [7, 11) is -1.69. The molecular formula is C15H24N2O3S. The SMILES string of the molecule is C=CCN(CC)S(=O)(=O)c1ccc(OCC)c(CNC)c1. The van der Waals surface area contributed by atoms with Gasteiger partial charge in [0.25, 0.3) is 0 Å². The van der Waals surface area contributed by atoms with Crippen LogP contribution >= 0.6 is 0 Å². The zero-order valence-electron chi connectivity index (χ0n) is 12.9. The molecule has 1 N–H and O–H groups in total. The summed E-state index contributed by atoms with van der Waals surface area (Å²) in [5.74, 6) is 0.706. The number of rotatable bonds is 9. The van der Waals surface area contributed by atoms with Crippen molar-refractivity contribution in [2.75, 3.05) is 26.7 Å². The average Bonchev–Trinajstić information content (AvgIpc) is 2.46. The molecule has 1 rings (SSSR count). The van der Waals surface area contributed by atoms with Crippen molar-refractivity contribution < 1.29 is 13.2 Å². The maximum atomic E-state index is 12.6. The smallest absolute Gasteiger partial charge is 0.243 e. The van der Waals surface area contributed by atoms with Crippen LogP contribution in [0.25, 0.3) is 0 Å². The summed E-state index contributed by atoms with van der Waals surface area (Å²) >= 11 is 0. The van der Waals surface area contributed by atoms with E-state index in [4.69, 9.17) is 4.74 Å². The lowest BCUT2D eigenvalue weighted by Crippen LogP contribution is -2.31. The van der Waals surface area contributed by atoms with Crippen LogP contribution in [0.5, 0.6) is 5.75 Å². The van der Waals surface area contributed by atoms with Crippen LogP contribution in [0.2, 0.25) is 0 Å². The van der Waals surface area contributed by atoms with Crippen molar-refractivity contribution in [3.05, 3.63) is 36.4 Å². The lowest BCUT2D eigenvalue weighted by atomic mass is 10.2. The Hall–Kier alpha value is -1.37. The Kier molecular flexibility index (Phi) is 6.87. The quantitative estimate of drug-likeness (QED) is 0.709. The number of likely N-dealkylation sites (N-methyl/N-ethyl adjacent to an activating group) is 1. The third kappa shape index (κ3) is 4.30. The van der Waals surface area contributed by atoms with Gasteiger partial charge in [0.2, 0.25) is 10.0 Å². The molecule has 6 heteroatoms. The Balaban J connectivity index is 3.23. The molecule has 0 unspecified atom stereocenters. The highest BCUT2D eigenvalue weighted by molar-refractivity contribution is 7.89. The monoisotopic (exact) mass is 312 g/mol. The third-order valence-electron chi connectivity index (χ3n) is 3.02. The third-order valence-corrected chi connectivity index (χ3v) is 4.96. The van der Waals surface area contributed by atoms with Crippen molar-refractivity contribution in [1.82, 2.24) is 9.62 Å². The van der Waals surface area contributed by atoms with Crippen LogP contribution in [0.4, 0.5) is 0 Å². The Morgan fingerprint density at radius 2 is 2.10 bits per heavy atom. The summed E-state index contributed by atoms with van der Waals surface area (Å²) in [6.45, 7) is 9.11. The summed E-state index contributed by atoms with van der Waals surface area (Å²) < 4.78 is 32.1. The molecule has 1 aromatic rings. The van der Waals surface area contributed by atoms with E-state index in [2.05, 4.69) is 11.9 Å². The molecule has 0 radical (unpaired) electrons. The van der Waals surface area contributed by atoms with Crippen LogP contribution < -0.4 is 10.1 Å². The summed E-state index contributed by atoms with van der Waals surface area (Å²) in [4.78, 5) is 0.278. The number of hydrogen-bond acceptors (Lipinski definition) is 4. The van der Waals surface area contributed by atoms with Crippen molar-refractivity contribution in [3.8, 4) is 5.75 Å². The van der Waals surface area contributed by atoms with E-state index in [-0.39, 0.29) is 4.90 Å². The van der Waals surface area contributed by atoms with E-state index in [1.165, 1.54) is 4.31 Å². The highest BCUT2D eigenvalue weighted by Gasteiger charge is 2.23. The molecule has 0 heterocycles. The zero-order valence-corrected chi connectivity index (χ0v) is 13.7. The lowest BCUT2D eigenvalue weighted by molar-refractivity contribution is 0.335. The van der Waals surface area contributed by atoms with Crippen molar-refractivity contribution in [2.45, 2.75) is 25.3 Å². The van der Waals surface area contributed by atoms with Gasteiger partial charge in [0.05, 0.1) is 11.5 Å². The maximum absolute atomic E-state index is 12.6. The first kappa shape index (κ1) is 17.7. The molecular weight excluding hydrogens is 288 g/mol. The minimum absolute atomic E-state index is 0.278. The van der Waals surface area contributed by atoms with Gasteiger partial charge in [-0.15, -0.1) is 6.58 Å². The van der Waals surface area contributed by atoms with Gasteiger partial charge in [0, 0.05) is 25.2 Å². The van der Waals surface area contributed by atoms with Gasteiger partial charge in [-0.2, -0.15) is 4.31 Å². The minimum atomic E-state index is -3.51. The van der Waals surface area contributed by atoms with Crippen LogP contribution in [-0.4, -0.2) is 39.5 Å². The fourth-order valence-corrected chi connectivity index (χ4v) is 3.50. The Labute approximate surface area is 127 Å². The highest BCUT2D eigenvalue weighted by Crippen LogP contribution is 2.24. The van der Waals surface area contributed by atoms with Crippen molar-refractivity contribution in [1.29, 1.82) is 0 Å². The molecule has 21 heavy (non-hydrogen) atoms. The summed E-state index contributed by atoms with van der Waals surface area (Å²) in [6, 6.07) is 4.97. The largest absolute Gasteiger partial charge is 0.494 e. The van der Waals surface area contributed by atoms with E-state index in [0.717, 1.165) is 5.56 Å². The van der Waals surface area contributed by atoms with E-state index in [0.29, 0.717) is 32.0 Å². The molecule has 0 saturated carbocycles. The molecule has 0 atom stereocenters. The van der Waals surface area contributed by atoms with Gasteiger partial charge in [-0.1, -0.05) is 13.0 Å². The van der Waals surface area contributed by atoms with Crippen molar-refractivity contribution >= 4 is 10.0 Å². The van der Waals surface area contributed by atoms with Gasteiger partial charge in [-0.3, -0.25) is 0 Å². The second-order valence-corrected chi connectivity index (χ2v) is 6.42. The molecule has 0 fully saturated rings. The topological polar surface area (TPSA) is 58.6 Å². The molecule has 118 valence electrons. The van der Waals surface area contributed by atoms with E-state index in [9.17, 15) is 8.42 Å². The lowest BCUT2D eigenvalue weighted by Gasteiger charge is -2.20. The molecule has 0 aliphatic heterocycles. The van der Waals surface area contributed by atoms with Gasteiger partial charge in [0.1, 0.15) is 5.75 Å². The van der Waals surface area contributed by atoms with Gasteiger partial charge >= 0.3 is 0 Å². The Morgan fingerprint density at radius 3 is 2.62 bits per heavy atom. The molecule has 0 bridgehead atoms. The predicted octanol–water partition coefficient (Wildman–Crippen LogP) is 2.00. The second-order valence-electron chi connectivity index (χ2n) is 4.48. The number of hydrogen-bond donors (Lipinski definition) is 1. The standard InChI is InChI=1S/C15H24N2O3S/c1-5-10-17(6-2)21(18,19)14-8-9-15(20-7-3)13(11-14)12-16-4/h5,8-9,11,16H,1,6-7,10,12H2,2-4H3. The van der Waals surface area contributed by atoms with Crippen molar-refractivity contribution in [3.63, 3.8) is 0 Å². The first-order chi connectivity index (χ1) is 10.0. The Morgan fingerprint density at radius 1 is 1.38 bits per heavy atom. The van der Waals surface area contributed by atoms with E-state index >= 15 is 0 Å². The van der Waals surface area contributed by atoms with Crippen LogP contribution in [0, 0.1) is 0 Å². The zero-order chi connectivity index (χ0) is 15.9. The Bertz CT molecular complexity index is 570. The van der Waals surface area contributed by atoms with Crippen molar-refractivity contribution in [2.24, 2.45) is 0 Å². The van der Waals surface area contributed by atoms with E-state index < -0.39 is 10.0 Å². The molecule has 0 saturated heterocycles. The molecule has 1 aromatic carbocycles. The van der Waals surface area contributed by atoms with E-state index in [1.54, 1.807) is 24.3 Å². The number of sulfonamides is 1. The fraction of sp³-hybridized carbons (Fsp3) is 0.467. The molecule has 0 spiro atoms. The number of ether oxygens (including phenoxy) is 1. The second kappa shape index (κ2) is 8.17. The van der Waals surface area contributed by atoms with Gasteiger partial charge in [0.15, 0.2) is 0 Å². The number of nitrogens with zero attached hydrogens (tertiary/aromatic N) is 1. The van der Waals surface area contributed by atoms with E-state index in [1.807, 2.05) is 20.9 Å². The first-order valence-electron chi connectivity index (χ1n) is 7.02. The number of nitrogens with one attached hydrogen (secondary N) is 1. The number of benzene rings is 1. The van der Waals surface area contributed by atoms with Crippen LogP contribution in [0.15, 0.2) is 35.7 Å². The maximum Gasteiger partial charge on any atom is 0.243 e. The first-order valence-corrected chi connectivity index (χ1v) is 8.46. The molecule has 5 nitrogen and oxygen atoms in total. The van der Waals surface area contributed by atoms with Gasteiger partial charge in [-0.25, -0.2) is 8.42 Å². The molecule has 0 aromatic heterocycles. The highest BCUT2D eigenvalue weighted by atomic mass is 32.2. The van der Waals surface area contributed by atoms with Crippen LogP contribution in [0.1, 0.15) is 19.4 Å². The molecule has 0 amide bonds. The predicted molar refractivity (Wildman–Crippen MR) is 85.0 cm³/mol. The summed E-state index contributed by atoms with van der Waals surface area (Å²) in [5, 5.41) is 3.03. The van der Waals surface area contributed by atoms with Gasteiger partial charge < -0.3 is 10.1 Å². The molecule has 0 aliphatic rings. The summed E-state index contributed by atoms with van der Waals surface area (Å²) in [5.41, 5.74) is 0.829. The summed E-state index contributed by atoms with van der Waals surface area (Å²) in [6.07, 6.45) is 1.59. The minimum Gasteiger partial charge on any atom is -0.494 e. The molecule has 0 aliphatic carbocycles. The fourth-order valence-electron chi connectivity index (χ4n) is 2.03. The van der Waals surface area contributed by atoms with Crippen LogP contribution in [0.3, 0.4) is 0 Å².